The Bertz CT molecular complexity index is 197. The third kappa shape index (κ3) is 1.64. The van der Waals surface area contributed by atoms with Gasteiger partial charge in [-0.1, -0.05) is 6.07 Å². The van der Waals surface area contributed by atoms with E-state index in [2.05, 4.69) is 22.0 Å². The highest BCUT2D eigenvalue weighted by atomic mass is 27.1. The summed E-state index contributed by atoms with van der Waals surface area (Å²) in [6, 6.07) is 7.35. The lowest BCUT2D eigenvalue weighted by Gasteiger charge is -2.03. The Morgan fingerprint density at radius 2 is 2.30 bits per heavy atom. The van der Waals surface area contributed by atoms with Gasteiger partial charge in [0.25, 0.3) is 0 Å². The first-order chi connectivity index (χ1) is 4.86. The summed E-state index contributed by atoms with van der Waals surface area (Å²) >= 11 is 2.17. The van der Waals surface area contributed by atoms with Crippen molar-refractivity contribution in [3.05, 3.63) is 24.3 Å². The molecule has 0 atom stereocenters. The highest BCUT2D eigenvalue weighted by Crippen LogP contribution is 2.14. The minimum Gasteiger partial charge on any atom is -0.654 e. The molecular weight excluding hydrogens is 143 g/mol. The zero-order valence-corrected chi connectivity index (χ0v) is 6.53. The summed E-state index contributed by atoms with van der Waals surface area (Å²) < 4.78 is 4.88. The van der Waals surface area contributed by atoms with Crippen LogP contribution in [0.1, 0.15) is 0 Å². The summed E-state index contributed by atoms with van der Waals surface area (Å²) in [6.45, 7) is 0. The summed E-state index contributed by atoms with van der Waals surface area (Å²) in [7, 11) is 0. The van der Waals surface area contributed by atoms with Crippen LogP contribution in [-0.4, -0.2) is 16.6 Å². The fourth-order valence-corrected chi connectivity index (χ4v) is 0.806. The second-order valence-corrected chi connectivity index (χ2v) is 2.03. The molecule has 0 fully saturated rings. The highest BCUT2D eigenvalue weighted by molar-refractivity contribution is 6.00. The van der Waals surface area contributed by atoms with Crippen molar-refractivity contribution in [3.8, 4) is 5.75 Å². The van der Waals surface area contributed by atoms with Gasteiger partial charge in [-0.2, -0.15) is 0 Å². The number of benzene rings is 1. The standard InChI is InChI=1S/C6H8N2O.Al/c7-8-5-2-1-3-6(9)4-5;/h1-4,8-9H,7H2;/q;+1/p-1. The van der Waals surface area contributed by atoms with E-state index in [-0.39, 0.29) is 0 Å². The quantitative estimate of drug-likeness (QED) is 0.365. The van der Waals surface area contributed by atoms with Crippen LogP contribution >= 0.6 is 0 Å². The van der Waals surface area contributed by atoms with E-state index in [1.165, 1.54) is 0 Å². The van der Waals surface area contributed by atoms with Crippen LogP contribution in [0.5, 0.6) is 5.75 Å². The fraction of sp³-hybridized carbons (Fsp3) is 0. The maximum absolute atomic E-state index is 5.16. The minimum atomic E-state index is 0.764. The SMILES string of the molecule is NNc1cccc([O][Al])c1. The molecular formula is C6H7AlN2O. The Labute approximate surface area is 67.9 Å². The third-order valence-electron chi connectivity index (χ3n) is 1.14. The van der Waals surface area contributed by atoms with Gasteiger partial charge in [0, 0.05) is 6.07 Å². The van der Waals surface area contributed by atoms with Crippen LogP contribution in [0.25, 0.3) is 0 Å². The molecule has 0 heterocycles. The second kappa shape index (κ2) is 3.47. The predicted octanol–water partition coefficient (Wildman–Crippen LogP) is 0.435. The summed E-state index contributed by atoms with van der Waals surface area (Å²) in [6.07, 6.45) is 0. The first-order valence-corrected chi connectivity index (χ1v) is 3.27. The van der Waals surface area contributed by atoms with E-state index >= 15 is 0 Å². The van der Waals surface area contributed by atoms with Crippen molar-refractivity contribution >= 4 is 22.3 Å². The van der Waals surface area contributed by atoms with Crippen LogP contribution in [0.15, 0.2) is 24.3 Å². The van der Waals surface area contributed by atoms with E-state index < -0.39 is 0 Å². The molecule has 3 N–H and O–H groups in total. The van der Waals surface area contributed by atoms with Gasteiger partial charge < -0.3 is 9.21 Å². The Hall–Kier alpha value is -0.688. The van der Waals surface area contributed by atoms with Gasteiger partial charge in [-0.3, -0.25) is 5.84 Å². The second-order valence-electron chi connectivity index (χ2n) is 1.79. The average Bonchev–Trinajstić information content (AvgIpc) is 2.05. The van der Waals surface area contributed by atoms with Gasteiger partial charge >= 0.3 is 16.6 Å². The molecule has 0 aromatic heterocycles. The largest absolute Gasteiger partial charge is 0.654 e. The van der Waals surface area contributed by atoms with Crippen molar-refractivity contribution in [3.63, 3.8) is 0 Å². The van der Waals surface area contributed by atoms with Gasteiger partial charge in [0.15, 0.2) is 0 Å². The highest BCUT2D eigenvalue weighted by Gasteiger charge is 1.89. The van der Waals surface area contributed by atoms with Crippen molar-refractivity contribution in [2.45, 2.75) is 0 Å². The maximum Gasteiger partial charge on any atom is 0.482 e. The van der Waals surface area contributed by atoms with Crippen LogP contribution in [0.2, 0.25) is 0 Å². The molecule has 50 valence electrons. The van der Waals surface area contributed by atoms with E-state index in [4.69, 9.17) is 9.63 Å². The fourth-order valence-electron chi connectivity index (χ4n) is 0.659. The van der Waals surface area contributed by atoms with E-state index in [1.54, 1.807) is 6.07 Å². The Kier molecular flexibility index (Phi) is 2.58. The van der Waals surface area contributed by atoms with Crippen molar-refractivity contribution in [1.82, 2.24) is 0 Å². The minimum absolute atomic E-state index is 0.764. The Balaban J connectivity index is 2.87. The van der Waals surface area contributed by atoms with E-state index in [0.29, 0.717) is 0 Å². The number of nitrogens with two attached hydrogens (primary N) is 1. The summed E-state index contributed by atoms with van der Waals surface area (Å²) in [5, 5.41) is 0. The lowest BCUT2D eigenvalue weighted by atomic mass is 10.3. The molecule has 1 rings (SSSR count). The van der Waals surface area contributed by atoms with Gasteiger partial charge in [-0.15, -0.1) is 0 Å². The molecule has 0 saturated heterocycles. The zero-order chi connectivity index (χ0) is 7.40. The van der Waals surface area contributed by atoms with E-state index in [0.717, 1.165) is 11.4 Å². The Morgan fingerprint density at radius 3 is 2.90 bits per heavy atom. The topological polar surface area (TPSA) is 47.3 Å². The number of hydrogen-bond acceptors (Lipinski definition) is 3. The molecule has 1 aromatic rings. The van der Waals surface area contributed by atoms with Crippen LogP contribution in [0.3, 0.4) is 0 Å². The van der Waals surface area contributed by atoms with Gasteiger partial charge in [0.05, 0.1) is 11.4 Å². The number of nitrogens with one attached hydrogen (secondary N) is 1. The molecule has 10 heavy (non-hydrogen) atoms. The third-order valence-corrected chi connectivity index (χ3v) is 1.41. The molecule has 0 bridgehead atoms. The number of anilines is 1. The van der Waals surface area contributed by atoms with Gasteiger partial charge in [-0.05, 0) is 12.1 Å². The number of hydrazine groups is 1. The number of nitrogen functional groups attached to an aromatic ring is 1. The van der Waals surface area contributed by atoms with Crippen molar-refractivity contribution < 1.29 is 3.79 Å². The van der Waals surface area contributed by atoms with Crippen LogP contribution in [-0.2, 0) is 0 Å². The summed E-state index contributed by atoms with van der Waals surface area (Å²) in [5.74, 6) is 5.93. The maximum atomic E-state index is 5.16. The molecule has 4 heteroatoms. The van der Waals surface area contributed by atoms with Crippen molar-refractivity contribution in [2.75, 3.05) is 5.43 Å². The van der Waals surface area contributed by atoms with Crippen molar-refractivity contribution in [1.29, 1.82) is 0 Å². The monoisotopic (exact) mass is 150 g/mol. The smallest absolute Gasteiger partial charge is 0.482 e. The summed E-state index contributed by atoms with van der Waals surface area (Å²) in [5.41, 5.74) is 3.35. The lowest BCUT2D eigenvalue weighted by Crippen LogP contribution is -2.06. The molecule has 0 aliphatic heterocycles. The van der Waals surface area contributed by atoms with Gasteiger partial charge in [0.1, 0.15) is 0 Å². The van der Waals surface area contributed by atoms with E-state index in [1.807, 2.05) is 18.2 Å². The summed E-state index contributed by atoms with van der Waals surface area (Å²) in [4.78, 5) is 0. The van der Waals surface area contributed by atoms with Crippen molar-refractivity contribution in [2.24, 2.45) is 5.84 Å². The molecule has 0 spiro atoms. The predicted molar refractivity (Wildman–Crippen MR) is 40.6 cm³/mol. The molecule has 1 aromatic carbocycles. The molecule has 0 amide bonds. The lowest BCUT2D eigenvalue weighted by molar-refractivity contribution is 0.616. The molecule has 0 aliphatic rings. The number of rotatable bonds is 2. The first-order valence-electron chi connectivity index (χ1n) is 2.80. The van der Waals surface area contributed by atoms with E-state index in [9.17, 15) is 0 Å². The van der Waals surface area contributed by atoms with Gasteiger partial charge in [0.2, 0.25) is 0 Å². The molecule has 0 unspecified atom stereocenters. The van der Waals surface area contributed by atoms with Crippen LogP contribution in [0.4, 0.5) is 5.69 Å². The van der Waals surface area contributed by atoms with Crippen LogP contribution in [0, 0.1) is 0 Å². The number of hydrogen-bond donors (Lipinski definition) is 2. The van der Waals surface area contributed by atoms with Crippen LogP contribution < -0.4 is 15.1 Å². The zero-order valence-electron chi connectivity index (χ0n) is 5.37. The molecule has 0 aliphatic carbocycles. The average molecular weight is 150 g/mol. The Morgan fingerprint density at radius 1 is 1.50 bits per heavy atom. The first kappa shape index (κ1) is 7.42. The molecule has 2 radical (unpaired) electrons. The molecule has 3 nitrogen and oxygen atoms in total. The van der Waals surface area contributed by atoms with Gasteiger partial charge in [-0.25, -0.2) is 0 Å². The molecule has 0 saturated carbocycles. The normalized spacial score (nSPS) is 8.90.